The van der Waals surface area contributed by atoms with Crippen LogP contribution in [0.3, 0.4) is 0 Å². The fourth-order valence-corrected chi connectivity index (χ4v) is 5.18. The molecular formula is C27H29N7O. The lowest BCUT2D eigenvalue weighted by molar-refractivity contribution is 0.459. The van der Waals surface area contributed by atoms with Crippen LogP contribution in [-0.4, -0.2) is 37.2 Å². The van der Waals surface area contributed by atoms with Crippen LogP contribution in [0, 0.1) is 0 Å². The van der Waals surface area contributed by atoms with Gasteiger partial charge in [-0.1, -0.05) is 12.1 Å². The molecule has 4 aromatic heterocycles. The lowest BCUT2D eigenvalue weighted by Gasteiger charge is -2.22. The molecular weight excluding hydrogens is 438 g/mol. The van der Waals surface area contributed by atoms with E-state index in [1.807, 2.05) is 35.2 Å². The number of rotatable bonds is 5. The number of aromatic nitrogens is 5. The summed E-state index contributed by atoms with van der Waals surface area (Å²) in [7, 11) is 1.78. The maximum absolute atomic E-state index is 12.0. The molecule has 8 heteroatoms. The van der Waals surface area contributed by atoms with Crippen molar-refractivity contribution in [2.24, 2.45) is 7.05 Å². The molecule has 0 unspecified atom stereocenters. The van der Waals surface area contributed by atoms with Gasteiger partial charge in [-0.05, 0) is 80.4 Å². The molecule has 0 radical (unpaired) electrons. The normalized spacial score (nSPS) is 16.5. The molecule has 1 aliphatic heterocycles. The fourth-order valence-electron chi connectivity index (χ4n) is 5.18. The van der Waals surface area contributed by atoms with E-state index >= 15 is 0 Å². The Labute approximate surface area is 203 Å². The van der Waals surface area contributed by atoms with Crippen molar-refractivity contribution in [2.75, 3.05) is 18.4 Å². The molecule has 0 spiro atoms. The minimum absolute atomic E-state index is 0.0240. The highest BCUT2D eigenvalue weighted by Gasteiger charge is 2.20. The monoisotopic (exact) mass is 467 g/mol. The zero-order valence-corrected chi connectivity index (χ0v) is 19.9. The van der Waals surface area contributed by atoms with Crippen molar-refractivity contribution in [3.63, 3.8) is 0 Å². The van der Waals surface area contributed by atoms with Crippen molar-refractivity contribution in [1.29, 1.82) is 0 Å². The van der Waals surface area contributed by atoms with Crippen LogP contribution in [0.1, 0.15) is 49.3 Å². The molecule has 4 aromatic rings. The van der Waals surface area contributed by atoms with Crippen LogP contribution in [0.5, 0.6) is 0 Å². The second-order valence-corrected chi connectivity index (χ2v) is 9.44. The van der Waals surface area contributed by atoms with Crippen LogP contribution < -0.4 is 16.2 Å². The molecule has 5 heterocycles. The first-order chi connectivity index (χ1) is 17.2. The molecule has 6 rings (SSSR count). The predicted octanol–water partition coefficient (Wildman–Crippen LogP) is 4.27. The second-order valence-electron chi connectivity index (χ2n) is 9.44. The topological polar surface area (TPSA) is 89.1 Å². The Bertz CT molecular complexity index is 1460. The Morgan fingerprint density at radius 3 is 2.71 bits per heavy atom. The number of anilines is 2. The van der Waals surface area contributed by atoms with Gasteiger partial charge in [-0.2, -0.15) is 0 Å². The Kier molecular flexibility index (Phi) is 5.66. The van der Waals surface area contributed by atoms with Gasteiger partial charge in [-0.15, -0.1) is 5.10 Å². The summed E-state index contributed by atoms with van der Waals surface area (Å²) < 4.78 is 3.58. The summed E-state index contributed by atoms with van der Waals surface area (Å²) in [5, 5.41) is 11.5. The maximum Gasteiger partial charge on any atom is 0.250 e. The second kappa shape index (κ2) is 9.11. The lowest BCUT2D eigenvalue weighted by Crippen LogP contribution is -2.26. The molecule has 0 aromatic carbocycles. The van der Waals surface area contributed by atoms with Gasteiger partial charge in [0.1, 0.15) is 5.82 Å². The highest BCUT2D eigenvalue weighted by molar-refractivity contribution is 5.84. The van der Waals surface area contributed by atoms with Crippen LogP contribution in [-0.2, 0) is 7.05 Å². The minimum Gasteiger partial charge on any atom is -0.318 e. The van der Waals surface area contributed by atoms with Crippen molar-refractivity contribution in [3.05, 3.63) is 76.6 Å². The fraction of sp³-hybridized carbons (Fsp3) is 0.333. The summed E-state index contributed by atoms with van der Waals surface area (Å²) in [6.07, 6.45) is 13.5. The van der Waals surface area contributed by atoms with Gasteiger partial charge in [0.25, 0.3) is 0 Å². The number of piperidine rings is 1. The van der Waals surface area contributed by atoms with Crippen LogP contribution in [0.25, 0.3) is 22.2 Å². The van der Waals surface area contributed by atoms with Gasteiger partial charge in [0.15, 0.2) is 0 Å². The van der Waals surface area contributed by atoms with Gasteiger partial charge in [0.2, 0.25) is 11.5 Å². The summed E-state index contributed by atoms with van der Waals surface area (Å²) in [5.74, 6) is 1.81. The number of aryl methyl sites for hydroxylation is 1. The summed E-state index contributed by atoms with van der Waals surface area (Å²) in [4.78, 5) is 21.1. The van der Waals surface area contributed by atoms with Crippen molar-refractivity contribution in [3.8, 4) is 11.1 Å². The number of nitrogens with one attached hydrogen (secondary N) is 2. The highest BCUT2D eigenvalue weighted by atomic mass is 16.1. The first kappa shape index (κ1) is 21.7. The molecule has 0 bridgehead atoms. The third kappa shape index (κ3) is 4.25. The highest BCUT2D eigenvalue weighted by Crippen LogP contribution is 2.36. The van der Waals surface area contributed by atoms with E-state index in [-0.39, 0.29) is 5.56 Å². The molecule has 1 fully saturated rings. The largest absolute Gasteiger partial charge is 0.318 e. The molecule has 1 saturated heterocycles. The third-order valence-corrected chi connectivity index (χ3v) is 7.10. The van der Waals surface area contributed by atoms with Gasteiger partial charge in [0, 0.05) is 36.6 Å². The van der Waals surface area contributed by atoms with Crippen molar-refractivity contribution in [1.82, 2.24) is 29.5 Å². The van der Waals surface area contributed by atoms with E-state index in [9.17, 15) is 4.79 Å². The zero-order valence-electron chi connectivity index (χ0n) is 19.9. The molecule has 35 heavy (non-hydrogen) atoms. The van der Waals surface area contributed by atoms with Gasteiger partial charge in [0.05, 0.1) is 17.4 Å². The molecule has 178 valence electrons. The van der Waals surface area contributed by atoms with Crippen LogP contribution in [0.2, 0.25) is 0 Å². The van der Waals surface area contributed by atoms with Crippen LogP contribution >= 0.6 is 0 Å². The number of nitrogens with zero attached hydrogens (tertiary/aromatic N) is 5. The summed E-state index contributed by atoms with van der Waals surface area (Å²) in [6.45, 7) is 2.13. The molecule has 0 saturated carbocycles. The summed E-state index contributed by atoms with van der Waals surface area (Å²) in [5.41, 5.74) is 6.57. The molecule has 1 aliphatic carbocycles. The van der Waals surface area contributed by atoms with Gasteiger partial charge in [-0.3, -0.25) is 4.79 Å². The average Bonchev–Trinajstić information content (AvgIpc) is 3.54. The average molecular weight is 468 g/mol. The molecule has 8 nitrogen and oxygen atoms in total. The number of fused-ring (bicyclic) bond motifs is 1. The lowest BCUT2D eigenvalue weighted by atomic mass is 9.91. The van der Waals surface area contributed by atoms with Gasteiger partial charge in [-0.25, -0.2) is 14.5 Å². The van der Waals surface area contributed by atoms with E-state index in [0.29, 0.717) is 11.9 Å². The summed E-state index contributed by atoms with van der Waals surface area (Å²) in [6, 6.07) is 9.77. The number of allylic oxidation sites excluding steroid dienone is 2. The van der Waals surface area contributed by atoms with E-state index in [1.165, 1.54) is 11.1 Å². The standard InChI is InChI=1S/C27H29N7O/c1-33-17-21(7-9-25(33)35)23-14-22-16-30-27(32-34(22)26(23)19-4-2-3-5-19)31-24-8-6-20(15-29-24)18-10-12-28-13-11-18/h4,6-9,14-18,28H,2-3,5,10-13H2,1H3,(H,29,31,32). The predicted molar refractivity (Wildman–Crippen MR) is 138 cm³/mol. The van der Waals surface area contributed by atoms with Gasteiger partial charge < -0.3 is 15.2 Å². The van der Waals surface area contributed by atoms with E-state index in [4.69, 9.17) is 5.10 Å². The van der Waals surface area contributed by atoms with Crippen molar-refractivity contribution >= 4 is 22.9 Å². The quantitative estimate of drug-likeness (QED) is 0.456. The molecule has 2 aliphatic rings. The van der Waals surface area contributed by atoms with E-state index in [0.717, 1.165) is 73.3 Å². The van der Waals surface area contributed by atoms with E-state index in [1.54, 1.807) is 17.7 Å². The first-order valence-electron chi connectivity index (χ1n) is 12.3. The number of hydrogen-bond donors (Lipinski definition) is 2. The first-order valence-corrected chi connectivity index (χ1v) is 12.3. The Hall–Kier alpha value is -3.78. The van der Waals surface area contributed by atoms with Crippen molar-refractivity contribution < 1.29 is 0 Å². The van der Waals surface area contributed by atoms with Gasteiger partial charge >= 0.3 is 0 Å². The van der Waals surface area contributed by atoms with Crippen LogP contribution in [0.4, 0.5) is 11.8 Å². The van der Waals surface area contributed by atoms with Crippen LogP contribution in [0.15, 0.2) is 59.8 Å². The zero-order chi connectivity index (χ0) is 23.8. The molecule has 0 amide bonds. The SMILES string of the molecule is Cn1cc(-c2cc3cnc(Nc4ccc(C5CCNCC5)cn4)nn3c2C2=CCCC2)ccc1=O. The van der Waals surface area contributed by atoms with E-state index in [2.05, 4.69) is 38.8 Å². The van der Waals surface area contributed by atoms with E-state index < -0.39 is 0 Å². The minimum atomic E-state index is -0.0240. The Morgan fingerprint density at radius 1 is 1.09 bits per heavy atom. The summed E-state index contributed by atoms with van der Waals surface area (Å²) >= 11 is 0. The Morgan fingerprint density at radius 2 is 1.97 bits per heavy atom. The smallest absolute Gasteiger partial charge is 0.250 e. The van der Waals surface area contributed by atoms with Crippen molar-refractivity contribution in [2.45, 2.75) is 38.0 Å². The number of pyridine rings is 2. The molecule has 0 atom stereocenters. The Balaban J connectivity index is 1.35. The number of hydrogen-bond acceptors (Lipinski definition) is 6. The molecule has 2 N–H and O–H groups in total. The maximum atomic E-state index is 12.0. The third-order valence-electron chi connectivity index (χ3n) is 7.10.